The highest BCUT2D eigenvalue weighted by molar-refractivity contribution is 7.89. The van der Waals surface area contributed by atoms with Gasteiger partial charge in [-0.05, 0) is 38.2 Å². The van der Waals surface area contributed by atoms with Crippen LogP contribution >= 0.6 is 0 Å². The molecule has 0 spiro atoms. The largest absolute Gasteiger partial charge is 0.305 e. The lowest BCUT2D eigenvalue weighted by Crippen LogP contribution is -2.34. The summed E-state index contributed by atoms with van der Waals surface area (Å²) in [6, 6.07) is 8.91. The van der Waals surface area contributed by atoms with Gasteiger partial charge in [0.2, 0.25) is 10.0 Å². The Hall–Kier alpha value is -1.42. The van der Waals surface area contributed by atoms with Crippen molar-refractivity contribution in [2.75, 3.05) is 27.2 Å². The highest BCUT2D eigenvalue weighted by atomic mass is 32.2. The van der Waals surface area contributed by atoms with Crippen molar-refractivity contribution in [2.24, 2.45) is 0 Å². The second-order valence-corrected chi connectivity index (χ2v) is 7.19. The van der Waals surface area contributed by atoms with E-state index < -0.39 is 10.0 Å². The highest BCUT2D eigenvalue weighted by Crippen LogP contribution is 2.23. The van der Waals surface area contributed by atoms with E-state index in [0.29, 0.717) is 24.4 Å². The molecule has 0 radical (unpaired) electrons. The standard InChI is InChI=1S/C14H19N3O2S/c1-16(2)13-8-10-17(11-13)20(18,19)14-5-3-12(4-6-14)7-9-15/h3-6,13H,7-8,10-11H2,1-2H3. The molecule has 1 aliphatic rings. The average molecular weight is 293 g/mol. The molecule has 2 rings (SSSR count). The molecule has 1 unspecified atom stereocenters. The van der Waals surface area contributed by atoms with E-state index >= 15 is 0 Å². The zero-order chi connectivity index (χ0) is 14.8. The van der Waals surface area contributed by atoms with Crippen molar-refractivity contribution >= 4 is 10.0 Å². The van der Waals surface area contributed by atoms with Gasteiger partial charge in [-0.25, -0.2) is 8.42 Å². The van der Waals surface area contributed by atoms with Crippen LogP contribution in [-0.4, -0.2) is 50.8 Å². The highest BCUT2D eigenvalue weighted by Gasteiger charge is 2.33. The van der Waals surface area contributed by atoms with Crippen LogP contribution in [0.1, 0.15) is 12.0 Å². The molecule has 20 heavy (non-hydrogen) atoms. The van der Waals surface area contributed by atoms with Gasteiger partial charge in [-0.3, -0.25) is 0 Å². The lowest BCUT2D eigenvalue weighted by molar-refractivity contribution is 0.302. The second kappa shape index (κ2) is 5.92. The first kappa shape index (κ1) is 15.0. The van der Waals surface area contributed by atoms with Gasteiger partial charge in [0.1, 0.15) is 0 Å². The van der Waals surface area contributed by atoms with Crippen molar-refractivity contribution in [3.8, 4) is 6.07 Å². The van der Waals surface area contributed by atoms with E-state index in [4.69, 9.17) is 5.26 Å². The molecule has 0 N–H and O–H groups in total. The normalized spacial score (nSPS) is 20.2. The van der Waals surface area contributed by atoms with E-state index in [9.17, 15) is 8.42 Å². The molecule has 5 nitrogen and oxygen atoms in total. The first-order valence-corrected chi connectivity index (χ1v) is 8.01. The summed E-state index contributed by atoms with van der Waals surface area (Å²) < 4.78 is 26.6. The Kier molecular flexibility index (Phi) is 4.43. The molecule has 0 amide bonds. The Morgan fingerprint density at radius 3 is 2.50 bits per heavy atom. The Bertz CT molecular complexity index is 602. The zero-order valence-electron chi connectivity index (χ0n) is 11.8. The molecule has 1 heterocycles. The third kappa shape index (κ3) is 3.01. The summed E-state index contributed by atoms with van der Waals surface area (Å²) in [4.78, 5) is 2.37. The molecule has 0 aliphatic carbocycles. The van der Waals surface area contributed by atoms with Gasteiger partial charge in [-0.15, -0.1) is 0 Å². The van der Waals surface area contributed by atoms with Crippen LogP contribution in [0, 0.1) is 11.3 Å². The molecule has 0 saturated carbocycles. The molecule has 1 aromatic carbocycles. The van der Waals surface area contributed by atoms with Crippen LogP contribution in [0.3, 0.4) is 0 Å². The summed E-state index contributed by atoms with van der Waals surface area (Å²) >= 11 is 0. The van der Waals surface area contributed by atoms with Crippen LogP contribution in [0.2, 0.25) is 0 Å². The minimum atomic E-state index is -3.41. The van der Waals surface area contributed by atoms with Crippen LogP contribution in [0.5, 0.6) is 0 Å². The number of benzene rings is 1. The molecular weight excluding hydrogens is 274 g/mol. The van der Waals surface area contributed by atoms with Crippen LogP contribution in [0.25, 0.3) is 0 Å². The summed E-state index contributed by atoms with van der Waals surface area (Å²) in [6.07, 6.45) is 1.16. The molecule has 6 heteroatoms. The van der Waals surface area contributed by atoms with Crippen LogP contribution in [0.4, 0.5) is 0 Å². The van der Waals surface area contributed by atoms with E-state index in [1.807, 2.05) is 14.1 Å². The Labute approximate surface area is 120 Å². The van der Waals surface area contributed by atoms with E-state index in [-0.39, 0.29) is 6.04 Å². The fourth-order valence-corrected chi connectivity index (χ4v) is 3.86. The number of likely N-dealkylation sites (N-methyl/N-ethyl adjacent to an activating group) is 1. The van der Waals surface area contributed by atoms with Crippen molar-refractivity contribution in [2.45, 2.75) is 23.8 Å². The summed E-state index contributed by atoms with van der Waals surface area (Å²) in [5, 5.41) is 8.62. The van der Waals surface area contributed by atoms with Gasteiger partial charge in [-0.1, -0.05) is 12.1 Å². The van der Waals surface area contributed by atoms with Gasteiger partial charge in [0.05, 0.1) is 17.4 Å². The Morgan fingerprint density at radius 1 is 1.35 bits per heavy atom. The Morgan fingerprint density at radius 2 is 2.00 bits per heavy atom. The number of rotatable bonds is 4. The zero-order valence-corrected chi connectivity index (χ0v) is 12.6. The number of hydrogen-bond acceptors (Lipinski definition) is 4. The van der Waals surface area contributed by atoms with E-state index in [2.05, 4.69) is 11.0 Å². The summed E-state index contributed by atoms with van der Waals surface area (Å²) in [7, 11) is 0.526. The molecule has 0 aromatic heterocycles. The summed E-state index contributed by atoms with van der Waals surface area (Å²) in [5.41, 5.74) is 0.832. The fraction of sp³-hybridized carbons (Fsp3) is 0.500. The SMILES string of the molecule is CN(C)C1CCN(S(=O)(=O)c2ccc(CC#N)cc2)C1. The van der Waals surface area contributed by atoms with Crippen LogP contribution < -0.4 is 0 Å². The van der Waals surface area contributed by atoms with Gasteiger partial charge in [0, 0.05) is 19.1 Å². The predicted octanol–water partition coefficient (Wildman–Crippen LogP) is 1.08. The smallest absolute Gasteiger partial charge is 0.243 e. The third-order valence-corrected chi connectivity index (χ3v) is 5.58. The lowest BCUT2D eigenvalue weighted by atomic mass is 10.2. The van der Waals surface area contributed by atoms with E-state index in [0.717, 1.165) is 12.0 Å². The monoisotopic (exact) mass is 293 g/mol. The van der Waals surface area contributed by atoms with Gasteiger partial charge in [0.15, 0.2) is 0 Å². The van der Waals surface area contributed by atoms with Gasteiger partial charge >= 0.3 is 0 Å². The maximum atomic E-state index is 12.5. The maximum absolute atomic E-state index is 12.5. The van der Waals surface area contributed by atoms with Gasteiger partial charge in [-0.2, -0.15) is 9.57 Å². The van der Waals surface area contributed by atoms with Gasteiger partial charge < -0.3 is 4.90 Å². The van der Waals surface area contributed by atoms with Crippen molar-refractivity contribution < 1.29 is 8.42 Å². The summed E-state index contributed by atoms with van der Waals surface area (Å²) in [5.74, 6) is 0. The molecule has 1 fully saturated rings. The molecule has 1 saturated heterocycles. The van der Waals surface area contributed by atoms with Crippen molar-refractivity contribution in [1.82, 2.24) is 9.21 Å². The first-order chi connectivity index (χ1) is 9.45. The summed E-state index contributed by atoms with van der Waals surface area (Å²) in [6.45, 7) is 1.10. The second-order valence-electron chi connectivity index (χ2n) is 5.25. The van der Waals surface area contributed by atoms with E-state index in [1.165, 1.54) is 4.31 Å². The molecular formula is C14H19N3O2S. The molecule has 1 aromatic rings. The molecule has 108 valence electrons. The molecule has 0 bridgehead atoms. The fourth-order valence-electron chi connectivity index (χ4n) is 2.37. The van der Waals surface area contributed by atoms with E-state index in [1.54, 1.807) is 24.3 Å². The lowest BCUT2D eigenvalue weighted by Gasteiger charge is -2.20. The van der Waals surface area contributed by atoms with Crippen LogP contribution in [0.15, 0.2) is 29.2 Å². The van der Waals surface area contributed by atoms with Crippen molar-refractivity contribution in [3.05, 3.63) is 29.8 Å². The Balaban J connectivity index is 2.17. The number of nitriles is 1. The minimum absolute atomic E-state index is 0.280. The van der Waals surface area contributed by atoms with Crippen molar-refractivity contribution in [3.63, 3.8) is 0 Å². The first-order valence-electron chi connectivity index (χ1n) is 6.57. The topological polar surface area (TPSA) is 64.4 Å². The van der Waals surface area contributed by atoms with Crippen LogP contribution in [-0.2, 0) is 16.4 Å². The maximum Gasteiger partial charge on any atom is 0.243 e. The van der Waals surface area contributed by atoms with Crippen molar-refractivity contribution in [1.29, 1.82) is 5.26 Å². The third-order valence-electron chi connectivity index (χ3n) is 3.70. The number of sulfonamides is 1. The average Bonchev–Trinajstić information content (AvgIpc) is 2.90. The van der Waals surface area contributed by atoms with Gasteiger partial charge in [0.25, 0.3) is 0 Å². The predicted molar refractivity (Wildman–Crippen MR) is 76.6 cm³/mol. The quantitative estimate of drug-likeness (QED) is 0.833. The number of hydrogen-bond donors (Lipinski definition) is 0. The molecule has 1 atom stereocenters. The minimum Gasteiger partial charge on any atom is -0.305 e. The molecule has 1 aliphatic heterocycles. The number of nitrogens with zero attached hydrogens (tertiary/aromatic N) is 3.